The summed E-state index contributed by atoms with van der Waals surface area (Å²) in [4.78, 5) is 34.6. The Hall–Kier alpha value is -3.15. The topological polar surface area (TPSA) is 92.7 Å². The molecule has 0 heterocycles. The lowest BCUT2D eigenvalue weighted by atomic mass is 9.94. The Bertz CT molecular complexity index is 817. The highest BCUT2D eigenvalue weighted by Crippen LogP contribution is 2.21. The number of amides is 1. The van der Waals surface area contributed by atoms with Crippen LogP contribution in [0.3, 0.4) is 0 Å². The molecule has 29 heavy (non-hydrogen) atoms. The Morgan fingerprint density at radius 1 is 0.966 bits per heavy atom. The average molecular weight is 397 g/mol. The minimum Gasteiger partial charge on any atom is -0.481 e. The van der Waals surface area contributed by atoms with Crippen molar-refractivity contribution in [3.05, 3.63) is 60.2 Å². The van der Waals surface area contributed by atoms with Crippen molar-refractivity contribution in [2.45, 2.75) is 38.6 Å². The fourth-order valence-corrected chi connectivity index (χ4v) is 3.19. The predicted molar refractivity (Wildman–Crippen MR) is 110 cm³/mol. The van der Waals surface area contributed by atoms with Crippen LogP contribution in [0.5, 0.6) is 0 Å². The van der Waals surface area contributed by atoms with Crippen molar-refractivity contribution in [1.82, 2.24) is 5.32 Å². The summed E-state index contributed by atoms with van der Waals surface area (Å²) in [6, 6.07) is 17.8. The monoisotopic (exact) mass is 397 g/mol. The van der Waals surface area contributed by atoms with Gasteiger partial charge in [-0.3, -0.25) is 14.4 Å². The molecule has 2 aromatic carbocycles. The third-order valence-electron chi connectivity index (χ3n) is 4.72. The Labute approximate surface area is 170 Å². The summed E-state index contributed by atoms with van der Waals surface area (Å²) in [5.74, 6) is -2.07. The molecule has 0 aliphatic carbocycles. The van der Waals surface area contributed by atoms with E-state index in [1.807, 2.05) is 54.6 Å². The highest BCUT2D eigenvalue weighted by Gasteiger charge is 2.21. The molecule has 0 bridgehead atoms. The van der Waals surface area contributed by atoms with E-state index in [-0.39, 0.29) is 36.7 Å². The van der Waals surface area contributed by atoms with Crippen molar-refractivity contribution in [2.75, 3.05) is 7.11 Å². The van der Waals surface area contributed by atoms with Gasteiger partial charge in [0.05, 0.1) is 19.4 Å². The van der Waals surface area contributed by atoms with Gasteiger partial charge in [-0.1, -0.05) is 61.5 Å². The molecule has 0 aliphatic heterocycles. The van der Waals surface area contributed by atoms with Gasteiger partial charge in [-0.05, 0) is 29.5 Å². The lowest BCUT2D eigenvalue weighted by Gasteiger charge is -2.21. The summed E-state index contributed by atoms with van der Waals surface area (Å²) in [6.45, 7) is 1.75. The number of aliphatic carboxylic acids is 1. The second-order valence-corrected chi connectivity index (χ2v) is 7.09. The zero-order valence-corrected chi connectivity index (χ0v) is 16.8. The number of carboxylic acid groups (broad SMARTS) is 1. The lowest BCUT2D eigenvalue weighted by molar-refractivity contribution is -0.145. The molecule has 2 aromatic rings. The summed E-state index contributed by atoms with van der Waals surface area (Å²) in [5.41, 5.74) is 3.24. The second-order valence-electron chi connectivity index (χ2n) is 7.09. The van der Waals surface area contributed by atoms with Crippen molar-refractivity contribution in [2.24, 2.45) is 5.92 Å². The third kappa shape index (κ3) is 7.41. The van der Waals surface area contributed by atoms with Crippen LogP contribution in [0.25, 0.3) is 11.1 Å². The number of hydrogen-bond donors (Lipinski definition) is 2. The van der Waals surface area contributed by atoms with E-state index < -0.39 is 5.97 Å². The molecule has 0 saturated carbocycles. The van der Waals surface area contributed by atoms with Crippen LogP contribution in [0.2, 0.25) is 0 Å². The first kappa shape index (κ1) is 22.1. The molecule has 6 nitrogen and oxygen atoms in total. The fourth-order valence-electron chi connectivity index (χ4n) is 3.19. The molecule has 0 unspecified atom stereocenters. The summed E-state index contributed by atoms with van der Waals surface area (Å²) in [5, 5.41) is 11.6. The zero-order valence-electron chi connectivity index (χ0n) is 16.8. The highest BCUT2D eigenvalue weighted by atomic mass is 16.5. The first-order valence-corrected chi connectivity index (χ1v) is 9.62. The molecule has 0 aromatic heterocycles. The van der Waals surface area contributed by atoms with E-state index in [0.717, 1.165) is 16.7 Å². The van der Waals surface area contributed by atoms with Gasteiger partial charge in [0.2, 0.25) is 5.91 Å². The van der Waals surface area contributed by atoms with Gasteiger partial charge in [0.15, 0.2) is 0 Å². The van der Waals surface area contributed by atoms with Crippen LogP contribution >= 0.6 is 0 Å². The van der Waals surface area contributed by atoms with Gasteiger partial charge in [-0.2, -0.15) is 0 Å². The largest absolute Gasteiger partial charge is 0.481 e. The van der Waals surface area contributed by atoms with E-state index >= 15 is 0 Å². The van der Waals surface area contributed by atoms with Crippen LogP contribution in [-0.4, -0.2) is 36.1 Å². The molecule has 1 amide bonds. The molecule has 0 spiro atoms. The number of benzene rings is 2. The van der Waals surface area contributed by atoms with Gasteiger partial charge in [0.1, 0.15) is 0 Å². The first-order chi connectivity index (χ1) is 13.9. The molecular formula is C23H27NO5. The van der Waals surface area contributed by atoms with Crippen molar-refractivity contribution in [3.63, 3.8) is 0 Å². The molecule has 2 atom stereocenters. The van der Waals surface area contributed by atoms with Gasteiger partial charge >= 0.3 is 11.9 Å². The van der Waals surface area contributed by atoms with Crippen LogP contribution < -0.4 is 5.32 Å². The summed E-state index contributed by atoms with van der Waals surface area (Å²) in [7, 11) is 1.33. The van der Waals surface area contributed by atoms with Crippen LogP contribution in [-0.2, 0) is 25.5 Å². The number of carboxylic acids is 1. The van der Waals surface area contributed by atoms with Crippen molar-refractivity contribution in [1.29, 1.82) is 0 Å². The summed E-state index contributed by atoms with van der Waals surface area (Å²) < 4.78 is 4.78. The normalized spacial score (nSPS) is 12.6. The van der Waals surface area contributed by atoms with Gasteiger partial charge in [-0.25, -0.2) is 0 Å². The average Bonchev–Trinajstić information content (AvgIpc) is 2.72. The summed E-state index contributed by atoms with van der Waals surface area (Å²) >= 11 is 0. The second kappa shape index (κ2) is 11.0. The number of hydrogen-bond acceptors (Lipinski definition) is 4. The van der Waals surface area contributed by atoms with Crippen molar-refractivity contribution >= 4 is 17.8 Å². The van der Waals surface area contributed by atoms with E-state index in [0.29, 0.717) is 12.8 Å². The molecule has 0 aliphatic rings. The quantitative estimate of drug-likeness (QED) is 0.599. The predicted octanol–water partition coefficient (Wildman–Crippen LogP) is 3.44. The maximum absolute atomic E-state index is 12.1. The number of carbonyl (C=O) groups is 3. The van der Waals surface area contributed by atoms with E-state index in [4.69, 9.17) is 9.84 Å². The van der Waals surface area contributed by atoms with E-state index in [1.54, 1.807) is 6.92 Å². The van der Waals surface area contributed by atoms with Crippen LogP contribution in [0, 0.1) is 5.92 Å². The fraction of sp³-hybridized carbons (Fsp3) is 0.348. The van der Waals surface area contributed by atoms with E-state index in [1.165, 1.54) is 7.11 Å². The molecule has 6 heteroatoms. The molecule has 0 saturated heterocycles. The molecule has 0 fully saturated rings. The number of methoxy groups -OCH3 is 1. The van der Waals surface area contributed by atoms with Gasteiger partial charge in [0, 0.05) is 12.5 Å². The smallest absolute Gasteiger partial charge is 0.308 e. The van der Waals surface area contributed by atoms with E-state index in [9.17, 15) is 14.4 Å². The lowest BCUT2D eigenvalue weighted by Crippen LogP contribution is -2.38. The van der Waals surface area contributed by atoms with Gasteiger partial charge < -0.3 is 15.2 Å². The maximum atomic E-state index is 12.1. The molecule has 0 radical (unpaired) electrons. The number of carbonyl (C=O) groups excluding carboxylic acids is 2. The highest BCUT2D eigenvalue weighted by molar-refractivity contribution is 5.81. The SMILES string of the molecule is COC(=O)[C@@H](C)C[C@@H](Cc1ccc(-c2ccccc2)cc1)NC(=O)CCC(=O)O. The first-order valence-electron chi connectivity index (χ1n) is 9.62. The minimum absolute atomic E-state index is 0.0919. The Morgan fingerprint density at radius 3 is 2.17 bits per heavy atom. The minimum atomic E-state index is -1.02. The Morgan fingerprint density at radius 2 is 1.59 bits per heavy atom. The van der Waals surface area contributed by atoms with Gasteiger partial charge in [0.25, 0.3) is 0 Å². The van der Waals surface area contributed by atoms with E-state index in [2.05, 4.69) is 5.32 Å². The molecule has 2 rings (SSSR count). The molecule has 154 valence electrons. The maximum Gasteiger partial charge on any atom is 0.308 e. The van der Waals surface area contributed by atoms with Crippen molar-refractivity contribution in [3.8, 4) is 11.1 Å². The standard InChI is InChI=1S/C23H27NO5/c1-16(23(28)29-2)14-20(24-21(25)12-13-22(26)27)15-17-8-10-19(11-9-17)18-6-4-3-5-7-18/h3-11,16,20H,12-15H2,1-2H3,(H,24,25)(H,26,27)/t16-,20-/m0/s1. The summed E-state index contributed by atoms with van der Waals surface area (Å²) in [6.07, 6.45) is 0.628. The number of ether oxygens (including phenoxy) is 1. The molecule has 2 N–H and O–H groups in total. The molecular weight excluding hydrogens is 370 g/mol. The number of nitrogens with one attached hydrogen (secondary N) is 1. The number of rotatable bonds is 10. The van der Waals surface area contributed by atoms with Crippen LogP contribution in [0.1, 0.15) is 31.7 Å². The Kier molecular flexibility index (Phi) is 8.40. The van der Waals surface area contributed by atoms with Crippen molar-refractivity contribution < 1.29 is 24.2 Å². The Balaban J connectivity index is 2.07. The van der Waals surface area contributed by atoms with Gasteiger partial charge in [-0.15, -0.1) is 0 Å². The zero-order chi connectivity index (χ0) is 21.2. The van der Waals surface area contributed by atoms with Crippen LogP contribution in [0.4, 0.5) is 0 Å². The van der Waals surface area contributed by atoms with Crippen LogP contribution in [0.15, 0.2) is 54.6 Å². The third-order valence-corrected chi connectivity index (χ3v) is 4.72. The number of esters is 1.